The Hall–Kier alpha value is -5.85. The van der Waals surface area contributed by atoms with Gasteiger partial charge in [-0.15, -0.1) is 5.10 Å². The van der Waals surface area contributed by atoms with E-state index >= 15 is 0 Å². The summed E-state index contributed by atoms with van der Waals surface area (Å²) in [5.41, 5.74) is 5.73. The van der Waals surface area contributed by atoms with Crippen molar-refractivity contribution in [3.63, 3.8) is 0 Å². The van der Waals surface area contributed by atoms with Crippen LogP contribution in [0.1, 0.15) is 5.69 Å². The number of pyridine rings is 1. The number of carboxylic acid groups (broad SMARTS) is 2. The van der Waals surface area contributed by atoms with Crippen molar-refractivity contribution in [1.82, 2.24) is 29.7 Å². The number of aromatic nitrogens is 6. The first-order chi connectivity index (χ1) is 23.1. The van der Waals surface area contributed by atoms with Crippen LogP contribution >= 0.6 is 0 Å². The van der Waals surface area contributed by atoms with E-state index < -0.39 is 24.3 Å². The summed E-state index contributed by atoms with van der Waals surface area (Å²) in [5.74, 6) is -4.26. The molecule has 0 spiro atoms. The lowest BCUT2D eigenvalue weighted by atomic mass is 10.0. The minimum Gasteiger partial charge on any atom is -0.475 e. The summed E-state index contributed by atoms with van der Waals surface area (Å²) in [6.45, 7) is 5.00. The molecular formula is C30H26F6N8O5. The molecule has 6 rings (SSSR count). The molecule has 19 heteroatoms. The fraction of sp³-hybridized carbons (Fsp3) is 0.233. The number of ether oxygens (including phenoxy) is 1. The van der Waals surface area contributed by atoms with Crippen LogP contribution in [0.15, 0.2) is 73.3 Å². The van der Waals surface area contributed by atoms with Crippen molar-refractivity contribution in [3.8, 4) is 16.8 Å². The third-order valence-electron chi connectivity index (χ3n) is 6.48. The van der Waals surface area contributed by atoms with Gasteiger partial charge in [0, 0.05) is 53.4 Å². The lowest BCUT2D eigenvalue weighted by Crippen LogP contribution is -2.37. The lowest BCUT2D eigenvalue weighted by Gasteiger charge is -2.25. The zero-order chi connectivity index (χ0) is 35.8. The van der Waals surface area contributed by atoms with Gasteiger partial charge in [0.1, 0.15) is 6.33 Å². The minimum atomic E-state index is -5.08. The van der Waals surface area contributed by atoms with Crippen molar-refractivity contribution in [3.05, 3.63) is 79.0 Å². The van der Waals surface area contributed by atoms with Crippen LogP contribution in [-0.4, -0.2) is 90.5 Å². The van der Waals surface area contributed by atoms with Crippen molar-refractivity contribution < 1.29 is 50.9 Å². The monoisotopic (exact) mass is 692 g/mol. The van der Waals surface area contributed by atoms with Crippen molar-refractivity contribution in [2.75, 3.05) is 36.5 Å². The van der Waals surface area contributed by atoms with Crippen LogP contribution in [0.2, 0.25) is 0 Å². The Morgan fingerprint density at radius 2 is 1.47 bits per heavy atom. The third kappa shape index (κ3) is 10.1. The Bertz CT molecular complexity index is 1850. The predicted molar refractivity (Wildman–Crippen MR) is 163 cm³/mol. The number of hydrogen-bond donors (Lipinski definition) is 3. The van der Waals surface area contributed by atoms with Crippen molar-refractivity contribution >= 4 is 40.4 Å². The highest BCUT2D eigenvalue weighted by Crippen LogP contribution is 2.28. The van der Waals surface area contributed by atoms with Crippen LogP contribution in [-0.2, 0) is 14.3 Å². The number of fused-ring (bicyclic) bond motifs is 1. The average Bonchev–Trinajstić information content (AvgIpc) is 3.56. The van der Waals surface area contributed by atoms with Gasteiger partial charge in [-0.2, -0.15) is 31.3 Å². The van der Waals surface area contributed by atoms with E-state index in [9.17, 15) is 26.3 Å². The van der Waals surface area contributed by atoms with Gasteiger partial charge in [-0.1, -0.05) is 24.3 Å². The van der Waals surface area contributed by atoms with E-state index in [2.05, 4.69) is 42.4 Å². The number of anilines is 3. The molecule has 0 bridgehead atoms. The fourth-order valence-corrected chi connectivity index (χ4v) is 4.09. The Labute approximate surface area is 272 Å². The maximum atomic E-state index is 10.6. The second-order valence-corrected chi connectivity index (χ2v) is 9.99. The zero-order valence-electron chi connectivity index (χ0n) is 25.3. The van der Waals surface area contributed by atoms with Gasteiger partial charge in [-0.3, -0.25) is 4.98 Å². The summed E-state index contributed by atoms with van der Waals surface area (Å²) < 4.78 is 70.7. The number of nitrogens with one attached hydrogen (secondary N) is 1. The van der Waals surface area contributed by atoms with Crippen LogP contribution in [0.25, 0.3) is 27.7 Å². The number of para-hydroxylation sites is 1. The number of hydrogen-bond acceptors (Lipinski definition) is 10. The number of nitrogens with zero attached hydrogens (tertiary/aromatic N) is 7. The normalized spacial score (nSPS) is 13.1. The molecule has 0 saturated carbocycles. The predicted octanol–water partition coefficient (Wildman–Crippen LogP) is 5.43. The van der Waals surface area contributed by atoms with Crippen molar-refractivity contribution in [2.24, 2.45) is 0 Å². The number of aryl methyl sites for hydroxylation is 1. The lowest BCUT2D eigenvalue weighted by molar-refractivity contribution is -0.193. The average molecular weight is 693 g/mol. The quantitative estimate of drug-likeness (QED) is 0.200. The number of carbonyl (C=O) groups is 2. The van der Waals surface area contributed by atoms with E-state index in [1.54, 1.807) is 11.0 Å². The Morgan fingerprint density at radius 3 is 2.04 bits per heavy atom. The first-order valence-electron chi connectivity index (χ1n) is 14.0. The summed E-state index contributed by atoms with van der Waals surface area (Å²) in [6, 6.07) is 18.1. The van der Waals surface area contributed by atoms with Crippen LogP contribution in [0.5, 0.6) is 0 Å². The van der Waals surface area contributed by atoms with Gasteiger partial charge in [0.2, 0.25) is 11.9 Å². The van der Waals surface area contributed by atoms with E-state index in [4.69, 9.17) is 29.5 Å². The number of alkyl halides is 6. The third-order valence-corrected chi connectivity index (χ3v) is 6.48. The standard InChI is InChI=1S/C26H24N8O.2C2HF3O2/c1-18-5-6-19(15-27-18)23-4-2-3-20-16-28-25(31-24(20)23)30-21-7-9-22(10-8-21)34-17-29-26(32-34)33-11-13-35-14-12-33;2*3-2(4,5)1(6)7/h2-10,15-17H,11-14H2,1H3,(H,28,30,31);2*(H,6,7). The largest absolute Gasteiger partial charge is 0.490 e. The molecule has 3 aromatic heterocycles. The van der Waals surface area contributed by atoms with Crippen molar-refractivity contribution in [2.45, 2.75) is 19.3 Å². The molecule has 3 N–H and O–H groups in total. The summed E-state index contributed by atoms with van der Waals surface area (Å²) in [7, 11) is 0. The molecule has 1 aliphatic heterocycles. The van der Waals surface area contributed by atoms with Gasteiger partial charge in [0.25, 0.3) is 0 Å². The molecule has 49 heavy (non-hydrogen) atoms. The number of aliphatic carboxylic acids is 2. The second kappa shape index (κ2) is 15.4. The van der Waals surface area contributed by atoms with E-state index in [1.807, 2.05) is 61.8 Å². The first-order valence-corrected chi connectivity index (χ1v) is 14.0. The van der Waals surface area contributed by atoms with Crippen LogP contribution in [0, 0.1) is 6.92 Å². The van der Waals surface area contributed by atoms with Gasteiger partial charge in [0.05, 0.1) is 24.4 Å². The molecule has 1 aliphatic rings. The highest BCUT2D eigenvalue weighted by Gasteiger charge is 2.38. The Balaban J connectivity index is 0.000000327. The second-order valence-electron chi connectivity index (χ2n) is 9.99. The molecule has 5 aromatic rings. The molecule has 0 amide bonds. The molecule has 0 radical (unpaired) electrons. The molecular weight excluding hydrogens is 666 g/mol. The number of carboxylic acids is 2. The number of benzene rings is 2. The highest BCUT2D eigenvalue weighted by atomic mass is 19.4. The minimum absolute atomic E-state index is 0.535. The molecule has 2 aromatic carbocycles. The summed E-state index contributed by atoms with van der Waals surface area (Å²) in [4.78, 5) is 38.1. The number of rotatable bonds is 5. The summed E-state index contributed by atoms with van der Waals surface area (Å²) in [6.07, 6.45) is -4.71. The van der Waals surface area contributed by atoms with Gasteiger partial charge >= 0.3 is 24.3 Å². The molecule has 4 heterocycles. The topological polar surface area (TPSA) is 168 Å². The van der Waals surface area contributed by atoms with Crippen LogP contribution in [0.3, 0.4) is 0 Å². The Kier molecular flexibility index (Phi) is 11.3. The number of halogens is 6. The van der Waals surface area contributed by atoms with E-state index in [-0.39, 0.29) is 0 Å². The molecule has 0 atom stereocenters. The molecule has 13 nitrogen and oxygen atoms in total. The van der Waals surface area contributed by atoms with Crippen LogP contribution in [0.4, 0.5) is 43.9 Å². The van der Waals surface area contributed by atoms with Gasteiger partial charge in [0.15, 0.2) is 0 Å². The summed E-state index contributed by atoms with van der Waals surface area (Å²) in [5, 5.41) is 23.2. The maximum Gasteiger partial charge on any atom is 0.490 e. The molecule has 0 aliphatic carbocycles. The van der Waals surface area contributed by atoms with E-state index in [0.717, 1.165) is 58.1 Å². The molecule has 258 valence electrons. The Morgan fingerprint density at radius 1 is 0.837 bits per heavy atom. The van der Waals surface area contributed by atoms with Crippen molar-refractivity contribution in [1.29, 1.82) is 0 Å². The summed E-state index contributed by atoms with van der Waals surface area (Å²) >= 11 is 0. The molecule has 1 fully saturated rings. The zero-order valence-corrected chi connectivity index (χ0v) is 25.3. The van der Waals surface area contributed by atoms with Gasteiger partial charge < -0.3 is 25.2 Å². The van der Waals surface area contributed by atoms with E-state index in [0.29, 0.717) is 19.2 Å². The SMILES string of the molecule is Cc1ccc(-c2cccc3cnc(Nc4ccc(-n5cnc(N6CCOCC6)n5)cc4)nc23)cn1.O=C(O)C(F)(F)F.O=C(O)C(F)(F)F. The first kappa shape index (κ1) is 36.0. The smallest absolute Gasteiger partial charge is 0.475 e. The molecule has 0 unspecified atom stereocenters. The van der Waals surface area contributed by atoms with E-state index in [1.165, 1.54) is 0 Å². The fourth-order valence-electron chi connectivity index (χ4n) is 4.09. The highest BCUT2D eigenvalue weighted by molar-refractivity contribution is 5.93. The van der Waals surface area contributed by atoms with Crippen LogP contribution < -0.4 is 10.2 Å². The van der Waals surface area contributed by atoms with Gasteiger partial charge in [-0.25, -0.2) is 24.2 Å². The molecule has 1 saturated heterocycles. The number of morpholine rings is 1. The maximum absolute atomic E-state index is 10.6. The van der Waals surface area contributed by atoms with Gasteiger partial charge in [-0.05, 0) is 37.3 Å².